The molecule has 2 aromatic rings. The lowest BCUT2D eigenvalue weighted by molar-refractivity contribution is 0.411. The van der Waals surface area contributed by atoms with Gasteiger partial charge in [-0.3, -0.25) is 5.84 Å². The van der Waals surface area contributed by atoms with Gasteiger partial charge < -0.3 is 4.74 Å². The second-order valence-electron chi connectivity index (χ2n) is 4.16. The normalized spacial score (nSPS) is 12.2. The van der Waals surface area contributed by atoms with E-state index in [1.165, 1.54) is 6.07 Å². The highest BCUT2D eigenvalue weighted by atomic mass is 79.9. The molecule has 0 aromatic heterocycles. The minimum absolute atomic E-state index is 0.345. The van der Waals surface area contributed by atoms with Crippen LogP contribution in [0.4, 0.5) is 4.39 Å². The average Bonchev–Trinajstić information content (AvgIpc) is 2.42. The van der Waals surface area contributed by atoms with Gasteiger partial charge in [-0.25, -0.2) is 9.82 Å². The number of hydrazine groups is 1. The Morgan fingerprint density at radius 3 is 2.60 bits per heavy atom. The zero-order valence-electron chi connectivity index (χ0n) is 10.7. The summed E-state index contributed by atoms with van der Waals surface area (Å²) in [6, 6.07) is 9.47. The molecule has 1 atom stereocenters. The number of hydrogen-bond acceptors (Lipinski definition) is 3. The van der Waals surface area contributed by atoms with Crippen molar-refractivity contribution < 1.29 is 9.13 Å². The molecule has 3 nitrogen and oxygen atoms in total. The Kier molecular flexibility index (Phi) is 4.99. The summed E-state index contributed by atoms with van der Waals surface area (Å²) in [7, 11) is 1.58. The summed E-state index contributed by atoms with van der Waals surface area (Å²) in [5.41, 5.74) is 3.85. The number of nitrogens with two attached hydrogens (primary N) is 1. The van der Waals surface area contributed by atoms with Crippen LogP contribution in [0, 0.1) is 5.82 Å². The second-order valence-corrected chi connectivity index (χ2v) is 5.45. The second kappa shape index (κ2) is 6.54. The van der Waals surface area contributed by atoms with Crippen LogP contribution in [0.2, 0.25) is 5.02 Å². The van der Waals surface area contributed by atoms with E-state index in [9.17, 15) is 4.39 Å². The van der Waals surface area contributed by atoms with Gasteiger partial charge >= 0.3 is 0 Å². The first kappa shape index (κ1) is 15.3. The van der Waals surface area contributed by atoms with E-state index in [1.54, 1.807) is 25.3 Å². The van der Waals surface area contributed by atoms with Crippen LogP contribution in [-0.2, 0) is 0 Å². The molecule has 0 aliphatic heterocycles. The minimum Gasteiger partial charge on any atom is -0.496 e. The monoisotopic (exact) mass is 358 g/mol. The molecule has 0 spiro atoms. The number of rotatable bonds is 4. The van der Waals surface area contributed by atoms with Gasteiger partial charge in [0.1, 0.15) is 11.6 Å². The molecule has 0 radical (unpaired) electrons. The van der Waals surface area contributed by atoms with E-state index in [-0.39, 0.29) is 0 Å². The van der Waals surface area contributed by atoms with E-state index < -0.39 is 11.9 Å². The summed E-state index contributed by atoms with van der Waals surface area (Å²) < 4.78 is 19.9. The number of benzene rings is 2. The van der Waals surface area contributed by atoms with Gasteiger partial charge in [-0.2, -0.15) is 0 Å². The Morgan fingerprint density at radius 1 is 1.30 bits per heavy atom. The fourth-order valence-corrected chi connectivity index (χ4v) is 2.68. The zero-order valence-corrected chi connectivity index (χ0v) is 13.0. The lowest BCUT2D eigenvalue weighted by Crippen LogP contribution is -2.29. The summed E-state index contributed by atoms with van der Waals surface area (Å²) in [4.78, 5) is 0. The molecular weight excluding hydrogens is 347 g/mol. The Balaban J connectivity index is 2.44. The van der Waals surface area contributed by atoms with Crippen molar-refractivity contribution in [1.82, 2.24) is 5.43 Å². The first-order chi connectivity index (χ1) is 9.56. The quantitative estimate of drug-likeness (QED) is 0.645. The van der Waals surface area contributed by atoms with Crippen molar-refractivity contribution in [3.8, 4) is 5.75 Å². The molecular formula is C14H13BrClFN2O. The van der Waals surface area contributed by atoms with Gasteiger partial charge in [-0.15, -0.1) is 0 Å². The number of nitrogens with one attached hydrogen (secondary N) is 1. The maximum absolute atomic E-state index is 14.0. The van der Waals surface area contributed by atoms with Crippen LogP contribution in [0.5, 0.6) is 5.75 Å². The number of halogens is 3. The molecule has 0 bridgehead atoms. The largest absolute Gasteiger partial charge is 0.496 e. The summed E-state index contributed by atoms with van der Waals surface area (Å²) >= 11 is 9.16. The maximum atomic E-state index is 14.0. The Hall–Kier alpha value is -1.14. The lowest BCUT2D eigenvalue weighted by atomic mass is 9.99. The van der Waals surface area contributed by atoms with E-state index in [1.807, 2.05) is 12.1 Å². The molecule has 106 valence electrons. The van der Waals surface area contributed by atoms with Crippen molar-refractivity contribution in [2.24, 2.45) is 5.84 Å². The van der Waals surface area contributed by atoms with Crippen LogP contribution in [0.3, 0.4) is 0 Å². The Bertz CT molecular complexity index is 624. The molecule has 6 heteroatoms. The lowest BCUT2D eigenvalue weighted by Gasteiger charge is -2.18. The SMILES string of the molecule is COc1ccc(C(NN)c2ccc(Cl)cc2F)cc1Br. The van der Waals surface area contributed by atoms with E-state index >= 15 is 0 Å². The van der Waals surface area contributed by atoms with Crippen molar-refractivity contribution in [1.29, 1.82) is 0 Å². The molecule has 0 aliphatic carbocycles. The van der Waals surface area contributed by atoms with Gasteiger partial charge in [0.05, 0.1) is 17.6 Å². The third-order valence-corrected chi connectivity index (χ3v) is 3.80. The third kappa shape index (κ3) is 3.12. The maximum Gasteiger partial charge on any atom is 0.133 e. The highest BCUT2D eigenvalue weighted by Gasteiger charge is 2.18. The number of hydrogen-bond donors (Lipinski definition) is 2. The molecule has 2 aromatic carbocycles. The average molecular weight is 360 g/mol. The van der Waals surface area contributed by atoms with Crippen LogP contribution in [-0.4, -0.2) is 7.11 Å². The van der Waals surface area contributed by atoms with Crippen LogP contribution in [0.15, 0.2) is 40.9 Å². The van der Waals surface area contributed by atoms with E-state index in [2.05, 4.69) is 21.4 Å². The zero-order chi connectivity index (χ0) is 14.7. The first-order valence-corrected chi connectivity index (χ1v) is 6.98. The minimum atomic E-state index is -0.477. The van der Waals surface area contributed by atoms with Gasteiger partial charge in [-0.1, -0.05) is 23.7 Å². The van der Waals surface area contributed by atoms with E-state index in [0.29, 0.717) is 16.3 Å². The molecule has 0 saturated heterocycles. The molecule has 2 rings (SSSR count). The van der Waals surface area contributed by atoms with Gasteiger partial charge in [0.25, 0.3) is 0 Å². The molecule has 0 aliphatic rings. The topological polar surface area (TPSA) is 47.3 Å². The van der Waals surface area contributed by atoms with Crippen LogP contribution >= 0.6 is 27.5 Å². The van der Waals surface area contributed by atoms with Crippen LogP contribution < -0.4 is 16.0 Å². The molecule has 1 unspecified atom stereocenters. The van der Waals surface area contributed by atoms with Crippen molar-refractivity contribution in [3.05, 3.63) is 62.8 Å². The third-order valence-electron chi connectivity index (χ3n) is 2.95. The van der Waals surface area contributed by atoms with Crippen molar-refractivity contribution in [2.45, 2.75) is 6.04 Å². The van der Waals surface area contributed by atoms with Gasteiger partial charge in [0.2, 0.25) is 0 Å². The predicted octanol–water partition coefficient (Wildman–Crippen LogP) is 3.80. The highest BCUT2D eigenvalue weighted by Crippen LogP contribution is 2.31. The van der Waals surface area contributed by atoms with Crippen molar-refractivity contribution in [3.63, 3.8) is 0 Å². The van der Waals surface area contributed by atoms with Gasteiger partial charge in [0.15, 0.2) is 0 Å². The van der Waals surface area contributed by atoms with E-state index in [4.69, 9.17) is 22.2 Å². The molecule has 0 fully saturated rings. The van der Waals surface area contributed by atoms with Crippen LogP contribution in [0.1, 0.15) is 17.2 Å². The fraction of sp³-hybridized carbons (Fsp3) is 0.143. The summed E-state index contributed by atoms with van der Waals surface area (Å²) in [6.07, 6.45) is 0. The fourth-order valence-electron chi connectivity index (χ4n) is 1.96. The molecule has 0 saturated carbocycles. The van der Waals surface area contributed by atoms with Crippen LogP contribution in [0.25, 0.3) is 0 Å². The summed E-state index contributed by atoms with van der Waals surface area (Å²) in [6.45, 7) is 0. The smallest absolute Gasteiger partial charge is 0.133 e. The summed E-state index contributed by atoms with van der Waals surface area (Å²) in [5.74, 6) is 5.85. The number of methoxy groups -OCH3 is 1. The highest BCUT2D eigenvalue weighted by molar-refractivity contribution is 9.10. The Morgan fingerprint density at radius 2 is 2.05 bits per heavy atom. The molecule has 3 N–H and O–H groups in total. The van der Waals surface area contributed by atoms with Gasteiger partial charge in [0, 0.05) is 10.6 Å². The summed E-state index contributed by atoms with van der Waals surface area (Å²) in [5, 5.41) is 0.345. The standard InChI is InChI=1S/C14H13BrClFN2O/c1-20-13-5-2-8(6-11(13)15)14(19-18)10-4-3-9(16)7-12(10)17/h2-7,14,19H,18H2,1H3. The number of ether oxygens (including phenoxy) is 1. The molecule has 0 heterocycles. The van der Waals surface area contributed by atoms with Crippen molar-refractivity contribution in [2.75, 3.05) is 7.11 Å². The predicted molar refractivity (Wildman–Crippen MR) is 81.3 cm³/mol. The van der Waals surface area contributed by atoms with E-state index in [0.717, 1.165) is 10.0 Å². The van der Waals surface area contributed by atoms with Crippen molar-refractivity contribution >= 4 is 27.5 Å². The Labute approximate surface area is 130 Å². The van der Waals surface area contributed by atoms with Gasteiger partial charge in [-0.05, 0) is 45.8 Å². The molecule has 20 heavy (non-hydrogen) atoms. The molecule has 0 amide bonds. The first-order valence-electron chi connectivity index (χ1n) is 5.81.